The highest BCUT2D eigenvalue weighted by Gasteiger charge is 2.26. The van der Waals surface area contributed by atoms with E-state index in [4.69, 9.17) is 9.15 Å². The fourth-order valence-corrected chi connectivity index (χ4v) is 1.67. The molecule has 0 bridgehead atoms. The highest BCUT2D eigenvalue weighted by Crippen LogP contribution is 2.21. The predicted octanol–water partition coefficient (Wildman–Crippen LogP) is 2.37. The number of furan rings is 1. The fourth-order valence-electron chi connectivity index (χ4n) is 1.67. The highest BCUT2D eigenvalue weighted by atomic mass is 16.6. The van der Waals surface area contributed by atoms with E-state index in [1.54, 1.807) is 11.0 Å². The topological polar surface area (TPSA) is 42.7 Å². The van der Waals surface area contributed by atoms with Crippen LogP contribution < -0.4 is 0 Å². The summed E-state index contributed by atoms with van der Waals surface area (Å²) in [6.45, 7) is 6.80. The molecule has 87 valence electrons. The summed E-state index contributed by atoms with van der Waals surface area (Å²) < 4.78 is 10.5. The molecule has 0 saturated heterocycles. The summed E-state index contributed by atoms with van der Waals surface area (Å²) in [5.74, 6) is 0.930. The van der Waals surface area contributed by atoms with Gasteiger partial charge in [-0.15, -0.1) is 0 Å². The molecule has 0 unspecified atom stereocenters. The van der Waals surface area contributed by atoms with E-state index in [9.17, 15) is 4.79 Å². The second-order valence-electron chi connectivity index (χ2n) is 4.96. The van der Waals surface area contributed by atoms with E-state index in [-0.39, 0.29) is 6.09 Å². The number of hydrogen-bond donors (Lipinski definition) is 0. The van der Waals surface area contributed by atoms with Gasteiger partial charge in [0.05, 0.1) is 6.54 Å². The summed E-state index contributed by atoms with van der Waals surface area (Å²) in [5, 5.41) is 0. The molecule has 0 atom stereocenters. The lowest BCUT2D eigenvalue weighted by Crippen LogP contribution is -2.39. The van der Waals surface area contributed by atoms with Gasteiger partial charge in [-0.1, -0.05) is 0 Å². The Kier molecular flexibility index (Phi) is 2.66. The van der Waals surface area contributed by atoms with Crippen molar-refractivity contribution in [3.05, 3.63) is 23.7 Å². The molecular weight excluding hydrogens is 206 g/mol. The first-order valence-electron chi connectivity index (χ1n) is 5.41. The number of ether oxygens (including phenoxy) is 1. The molecule has 1 aromatic rings. The molecule has 1 amide bonds. The smallest absolute Gasteiger partial charge is 0.410 e. The number of hydrogen-bond acceptors (Lipinski definition) is 3. The Morgan fingerprint density at radius 3 is 3.00 bits per heavy atom. The Bertz CT molecular complexity index is 389. The van der Waals surface area contributed by atoms with Crippen molar-refractivity contribution in [3.63, 3.8) is 0 Å². The predicted molar refractivity (Wildman–Crippen MR) is 57.9 cm³/mol. The molecule has 2 heterocycles. The number of nitrogens with zero attached hydrogens (tertiary/aromatic N) is 1. The average molecular weight is 222 g/mol. The van der Waals surface area contributed by atoms with Crippen LogP contribution in [-0.2, 0) is 17.7 Å². The largest absolute Gasteiger partial charge is 0.457 e. The van der Waals surface area contributed by atoms with Crippen molar-refractivity contribution in [1.29, 1.82) is 0 Å². The van der Waals surface area contributed by atoms with Gasteiger partial charge in [-0.05, 0) is 26.8 Å². The maximum atomic E-state index is 11.8. The molecule has 4 nitrogen and oxygen atoms in total. The molecule has 1 aromatic heterocycles. The number of carbonyl (C=O) groups excluding carboxylic acids is 1. The Morgan fingerprint density at radius 2 is 2.31 bits per heavy atom. The van der Waals surface area contributed by atoms with E-state index in [0.717, 1.165) is 17.7 Å². The first kappa shape index (κ1) is 11.0. The number of amides is 1. The average Bonchev–Trinajstić information content (AvgIpc) is 2.61. The third-order valence-corrected chi connectivity index (χ3v) is 2.40. The molecule has 16 heavy (non-hydrogen) atoms. The standard InChI is InChI=1S/C12H16NO3/c1-12(2,3)16-11(14)13-6-4-10-9(8-13)5-7-15-10/h5H,4,6,8H2,1-3H3. The zero-order valence-electron chi connectivity index (χ0n) is 9.87. The molecular formula is C12H16NO3. The molecule has 0 fully saturated rings. The van der Waals surface area contributed by atoms with Gasteiger partial charge in [-0.25, -0.2) is 4.79 Å². The Morgan fingerprint density at radius 1 is 1.56 bits per heavy atom. The van der Waals surface area contributed by atoms with E-state index < -0.39 is 5.60 Å². The summed E-state index contributed by atoms with van der Waals surface area (Å²) >= 11 is 0. The van der Waals surface area contributed by atoms with Gasteiger partial charge in [0.2, 0.25) is 0 Å². The van der Waals surface area contributed by atoms with E-state index >= 15 is 0 Å². The lowest BCUT2D eigenvalue weighted by Gasteiger charge is -2.29. The van der Waals surface area contributed by atoms with Crippen molar-refractivity contribution < 1.29 is 13.9 Å². The Labute approximate surface area is 95.2 Å². The third-order valence-electron chi connectivity index (χ3n) is 2.40. The van der Waals surface area contributed by atoms with Crippen LogP contribution in [0.2, 0.25) is 0 Å². The molecule has 1 radical (unpaired) electrons. The van der Waals surface area contributed by atoms with Crippen LogP contribution in [0.15, 0.2) is 10.5 Å². The summed E-state index contributed by atoms with van der Waals surface area (Å²) in [6.07, 6.45) is 3.16. The van der Waals surface area contributed by atoms with Crippen LogP contribution in [-0.4, -0.2) is 23.1 Å². The second kappa shape index (κ2) is 3.85. The van der Waals surface area contributed by atoms with Crippen molar-refractivity contribution in [2.45, 2.75) is 39.3 Å². The molecule has 0 aromatic carbocycles. The molecule has 0 aliphatic carbocycles. The summed E-state index contributed by atoms with van der Waals surface area (Å²) in [6, 6.07) is 1.78. The van der Waals surface area contributed by atoms with Gasteiger partial charge in [-0.3, -0.25) is 0 Å². The van der Waals surface area contributed by atoms with E-state index in [0.29, 0.717) is 13.1 Å². The van der Waals surface area contributed by atoms with E-state index in [1.807, 2.05) is 20.8 Å². The maximum Gasteiger partial charge on any atom is 0.410 e. The minimum atomic E-state index is -0.445. The summed E-state index contributed by atoms with van der Waals surface area (Å²) in [4.78, 5) is 13.5. The Hall–Kier alpha value is -1.45. The maximum absolute atomic E-state index is 11.8. The minimum Gasteiger partial charge on any atom is -0.457 e. The van der Waals surface area contributed by atoms with Gasteiger partial charge in [0.25, 0.3) is 0 Å². The van der Waals surface area contributed by atoms with Crippen LogP contribution in [0.1, 0.15) is 32.1 Å². The molecule has 0 saturated carbocycles. The zero-order chi connectivity index (χ0) is 11.8. The van der Waals surface area contributed by atoms with Gasteiger partial charge in [0.15, 0.2) is 6.26 Å². The summed E-state index contributed by atoms with van der Waals surface area (Å²) in [5.41, 5.74) is 0.581. The quantitative estimate of drug-likeness (QED) is 0.676. The van der Waals surface area contributed by atoms with Gasteiger partial charge in [0.1, 0.15) is 11.4 Å². The van der Waals surface area contributed by atoms with Crippen molar-refractivity contribution in [1.82, 2.24) is 4.90 Å². The van der Waals surface area contributed by atoms with Crippen molar-refractivity contribution in [2.24, 2.45) is 0 Å². The van der Waals surface area contributed by atoms with Gasteiger partial charge >= 0.3 is 6.09 Å². The molecule has 2 rings (SSSR count). The monoisotopic (exact) mass is 222 g/mol. The molecule has 1 aliphatic heterocycles. The van der Waals surface area contributed by atoms with Gasteiger partial charge in [0, 0.05) is 18.5 Å². The van der Waals surface area contributed by atoms with Crippen molar-refractivity contribution in [3.8, 4) is 0 Å². The van der Waals surface area contributed by atoms with Crippen LogP contribution in [0.4, 0.5) is 4.79 Å². The third kappa shape index (κ3) is 2.38. The van der Waals surface area contributed by atoms with Crippen LogP contribution in [0.3, 0.4) is 0 Å². The van der Waals surface area contributed by atoms with E-state index in [1.165, 1.54) is 0 Å². The van der Waals surface area contributed by atoms with Gasteiger partial charge < -0.3 is 14.1 Å². The molecule has 0 spiro atoms. The van der Waals surface area contributed by atoms with Crippen LogP contribution in [0.5, 0.6) is 0 Å². The highest BCUT2D eigenvalue weighted by molar-refractivity contribution is 5.68. The minimum absolute atomic E-state index is 0.264. The number of rotatable bonds is 0. The normalized spacial score (nSPS) is 15.8. The van der Waals surface area contributed by atoms with Crippen LogP contribution >= 0.6 is 0 Å². The molecule has 1 aliphatic rings. The van der Waals surface area contributed by atoms with Crippen molar-refractivity contribution >= 4 is 6.09 Å². The lowest BCUT2D eigenvalue weighted by molar-refractivity contribution is 0.0219. The molecule has 0 N–H and O–H groups in total. The van der Waals surface area contributed by atoms with Crippen molar-refractivity contribution in [2.75, 3.05) is 6.54 Å². The first-order valence-corrected chi connectivity index (χ1v) is 5.41. The molecule has 4 heteroatoms. The SMILES string of the molecule is CC(C)(C)OC(=O)N1CCc2o[c]cc2C1. The van der Waals surface area contributed by atoms with E-state index in [2.05, 4.69) is 6.26 Å². The first-order chi connectivity index (χ1) is 7.46. The lowest BCUT2D eigenvalue weighted by atomic mass is 10.1. The zero-order valence-corrected chi connectivity index (χ0v) is 9.87. The second-order valence-corrected chi connectivity index (χ2v) is 4.96. The van der Waals surface area contributed by atoms with Gasteiger partial charge in [-0.2, -0.15) is 0 Å². The number of carbonyl (C=O) groups is 1. The van der Waals surface area contributed by atoms with Crippen LogP contribution in [0.25, 0.3) is 0 Å². The number of fused-ring (bicyclic) bond motifs is 1. The van der Waals surface area contributed by atoms with Crippen LogP contribution in [0, 0.1) is 6.26 Å². The fraction of sp³-hybridized carbons (Fsp3) is 0.583. The Balaban J connectivity index is 2.01. The summed E-state index contributed by atoms with van der Waals surface area (Å²) in [7, 11) is 0.